The third-order valence-electron chi connectivity index (χ3n) is 3.49. The smallest absolute Gasteiger partial charge is 0.277 e. The van der Waals surface area contributed by atoms with E-state index in [9.17, 15) is 14.9 Å². The predicted molar refractivity (Wildman–Crippen MR) is 103 cm³/mol. The number of hydrogen-bond acceptors (Lipinski definition) is 5. The van der Waals surface area contributed by atoms with Gasteiger partial charge in [-0.25, -0.2) is 5.43 Å². The minimum atomic E-state index is -0.480. The number of nitrogens with one attached hydrogen (secondary N) is 1. The largest absolute Gasteiger partial charge is 0.483 e. The lowest BCUT2D eigenvalue weighted by Gasteiger charge is -2.10. The van der Waals surface area contributed by atoms with Crippen LogP contribution in [-0.2, 0) is 4.79 Å². The molecule has 0 radical (unpaired) electrons. The molecule has 0 aromatic heterocycles. The van der Waals surface area contributed by atoms with Crippen molar-refractivity contribution in [1.29, 1.82) is 0 Å². The van der Waals surface area contributed by atoms with Gasteiger partial charge in [-0.1, -0.05) is 19.9 Å². The maximum Gasteiger partial charge on any atom is 0.277 e. The second kappa shape index (κ2) is 9.10. The number of carbonyl (C=O) groups is 1. The molecule has 0 atom stereocenters. The zero-order chi connectivity index (χ0) is 19.1. The van der Waals surface area contributed by atoms with Gasteiger partial charge < -0.3 is 4.74 Å². The van der Waals surface area contributed by atoms with Crippen LogP contribution in [0.4, 0.5) is 5.69 Å². The lowest BCUT2D eigenvalue weighted by Crippen LogP contribution is -2.24. The Hall–Kier alpha value is -2.74. The molecule has 0 aliphatic rings. The van der Waals surface area contributed by atoms with E-state index in [1.165, 1.54) is 36.0 Å². The molecule has 7 nitrogen and oxygen atoms in total. The van der Waals surface area contributed by atoms with E-state index in [4.69, 9.17) is 4.74 Å². The van der Waals surface area contributed by atoms with Crippen molar-refractivity contribution in [2.24, 2.45) is 5.10 Å². The molecule has 0 saturated heterocycles. The van der Waals surface area contributed by atoms with Crippen molar-refractivity contribution >= 4 is 33.7 Å². The maximum atomic E-state index is 11.8. The number of benzene rings is 2. The quantitative estimate of drug-likeness (QED) is 0.416. The van der Waals surface area contributed by atoms with Crippen LogP contribution in [0.1, 0.15) is 30.9 Å². The van der Waals surface area contributed by atoms with E-state index < -0.39 is 10.8 Å². The number of hydrazone groups is 1. The fourth-order valence-corrected chi connectivity index (χ4v) is 2.54. The second-order valence-corrected chi connectivity index (χ2v) is 6.63. The maximum absolute atomic E-state index is 11.8. The molecule has 2 aromatic rings. The van der Waals surface area contributed by atoms with Gasteiger partial charge in [0, 0.05) is 12.1 Å². The minimum absolute atomic E-state index is 0.00588. The first-order valence-electron chi connectivity index (χ1n) is 7.85. The molecule has 2 rings (SSSR count). The van der Waals surface area contributed by atoms with E-state index in [1.54, 1.807) is 0 Å². The van der Waals surface area contributed by atoms with Crippen LogP contribution < -0.4 is 10.2 Å². The highest BCUT2D eigenvalue weighted by molar-refractivity contribution is 9.10. The molecular weight excluding hydrogens is 402 g/mol. The molecule has 0 fully saturated rings. The van der Waals surface area contributed by atoms with Crippen molar-refractivity contribution in [1.82, 2.24) is 5.43 Å². The molecule has 8 heteroatoms. The molecule has 1 N–H and O–H groups in total. The molecule has 0 spiro atoms. The van der Waals surface area contributed by atoms with Crippen LogP contribution in [-0.4, -0.2) is 23.7 Å². The predicted octanol–water partition coefficient (Wildman–Crippen LogP) is 4.01. The van der Waals surface area contributed by atoms with Gasteiger partial charge >= 0.3 is 0 Å². The summed E-state index contributed by atoms with van der Waals surface area (Å²) in [7, 11) is 0. The summed E-state index contributed by atoms with van der Waals surface area (Å²) in [6, 6.07) is 11.5. The Morgan fingerprint density at radius 2 is 2.00 bits per heavy atom. The lowest BCUT2D eigenvalue weighted by atomic mass is 10.0. The summed E-state index contributed by atoms with van der Waals surface area (Å²) < 4.78 is 6.25. The zero-order valence-electron chi connectivity index (χ0n) is 14.3. The van der Waals surface area contributed by atoms with E-state index in [-0.39, 0.29) is 12.3 Å². The molecule has 0 bridgehead atoms. The van der Waals surface area contributed by atoms with Gasteiger partial charge in [-0.3, -0.25) is 14.9 Å². The highest BCUT2D eigenvalue weighted by Gasteiger charge is 2.08. The van der Waals surface area contributed by atoms with Crippen LogP contribution in [0, 0.1) is 10.1 Å². The van der Waals surface area contributed by atoms with Crippen molar-refractivity contribution in [3.8, 4) is 5.75 Å². The molecule has 26 heavy (non-hydrogen) atoms. The van der Waals surface area contributed by atoms with E-state index in [0.29, 0.717) is 17.2 Å². The first-order valence-corrected chi connectivity index (χ1v) is 8.64. The number of halogens is 1. The first kappa shape index (κ1) is 19.6. The summed E-state index contributed by atoms with van der Waals surface area (Å²) in [5, 5.41) is 14.4. The molecule has 136 valence electrons. The number of non-ortho nitro benzene ring substituents is 1. The number of amides is 1. The Balaban J connectivity index is 1.84. The van der Waals surface area contributed by atoms with Crippen molar-refractivity contribution < 1.29 is 14.5 Å². The number of nitro benzene ring substituents is 1. The number of rotatable bonds is 7. The number of carbonyl (C=O) groups excluding carboxylic acids is 1. The Bertz CT molecular complexity index is 820. The van der Waals surface area contributed by atoms with Crippen LogP contribution >= 0.6 is 15.9 Å². The average Bonchev–Trinajstić information content (AvgIpc) is 2.61. The lowest BCUT2D eigenvalue weighted by molar-refractivity contribution is -0.384. The molecule has 0 aliphatic carbocycles. The van der Waals surface area contributed by atoms with Crippen LogP contribution in [0.2, 0.25) is 0 Å². The van der Waals surface area contributed by atoms with Crippen molar-refractivity contribution in [2.45, 2.75) is 19.8 Å². The van der Waals surface area contributed by atoms with Gasteiger partial charge in [0.1, 0.15) is 5.75 Å². The van der Waals surface area contributed by atoms with Crippen LogP contribution in [0.25, 0.3) is 0 Å². The van der Waals surface area contributed by atoms with Gasteiger partial charge in [0.05, 0.1) is 15.6 Å². The number of ether oxygens (including phenoxy) is 1. The fourth-order valence-electron chi connectivity index (χ4n) is 2.03. The summed E-state index contributed by atoms with van der Waals surface area (Å²) >= 11 is 3.43. The van der Waals surface area contributed by atoms with E-state index >= 15 is 0 Å². The summed E-state index contributed by atoms with van der Waals surface area (Å²) in [6.45, 7) is 4.01. The van der Waals surface area contributed by atoms with E-state index in [2.05, 4.69) is 40.3 Å². The summed E-state index contributed by atoms with van der Waals surface area (Å²) in [5.74, 6) is 0.560. The molecule has 0 saturated carbocycles. The number of nitro groups is 1. The van der Waals surface area contributed by atoms with E-state index in [0.717, 1.165) is 4.47 Å². The van der Waals surface area contributed by atoms with Gasteiger partial charge in [0.25, 0.3) is 11.6 Å². The summed E-state index contributed by atoms with van der Waals surface area (Å²) in [6.07, 6.45) is 1.40. The van der Waals surface area contributed by atoms with Crippen molar-refractivity contribution in [3.05, 3.63) is 68.2 Å². The third-order valence-corrected chi connectivity index (χ3v) is 4.11. The Labute approximate surface area is 159 Å². The molecule has 0 aliphatic heterocycles. The van der Waals surface area contributed by atoms with Gasteiger partial charge in [0.2, 0.25) is 0 Å². The molecule has 2 aromatic carbocycles. The van der Waals surface area contributed by atoms with Gasteiger partial charge in [0.15, 0.2) is 6.61 Å². The normalized spacial score (nSPS) is 10.9. The monoisotopic (exact) mass is 419 g/mol. The number of nitrogens with zero attached hydrogens (tertiary/aromatic N) is 2. The molecule has 1 amide bonds. The molecule has 0 heterocycles. The first-order chi connectivity index (χ1) is 12.4. The topological polar surface area (TPSA) is 93.8 Å². The second-order valence-electron chi connectivity index (χ2n) is 5.78. The SMILES string of the molecule is CC(C)c1ccc(OCC(=O)NN=Cc2ccc([N+](=O)[O-])cc2)c(Br)c1. The number of hydrogen-bond donors (Lipinski definition) is 1. The van der Waals surface area contributed by atoms with Crippen molar-refractivity contribution in [3.63, 3.8) is 0 Å². The standard InChI is InChI=1S/C18H18BrN3O4/c1-12(2)14-5-8-17(16(19)9-14)26-11-18(23)21-20-10-13-3-6-15(7-4-13)22(24)25/h3-10,12H,11H2,1-2H3,(H,21,23). The zero-order valence-corrected chi connectivity index (χ0v) is 15.9. The third kappa shape index (κ3) is 5.66. The highest BCUT2D eigenvalue weighted by Crippen LogP contribution is 2.28. The summed E-state index contributed by atoms with van der Waals surface area (Å²) in [4.78, 5) is 21.9. The summed E-state index contributed by atoms with van der Waals surface area (Å²) in [5.41, 5.74) is 4.13. The Morgan fingerprint density at radius 1 is 1.31 bits per heavy atom. The van der Waals surface area contributed by atoms with Crippen LogP contribution in [0.5, 0.6) is 5.75 Å². The minimum Gasteiger partial charge on any atom is -0.483 e. The Kier molecular flexibility index (Phi) is 6.85. The molecule has 0 unspecified atom stereocenters. The van der Waals surface area contributed by atoms with Crippen LogP contribution in [0.15, 0.2) is 52.0 Å². The fraction of sp³-hybridized carbons (Fsp3) is 0.222. The highest BCUT2D eigenvalue weighted by atomic mass is 79.9. The van der Waals surface area contributed by atoms with Gasteiger partial charge in [-0.05, 0) is 57.2 Å². The van der Waals surface area contributed by atoms with Crippen molar-refractivity contribution in [2.75, 3.05) is 6.61 Å². The van der Waals surface area contributed by atoms with Crippen LogP contribution in [0.3, 0.4) is 0 Å². The van der Waals surface area contributed by atoms with Gasteiger partial charge in [-0.15, -0.1) is 0 Å². The van der Waals surface area contributed by atoms with E-state index in [1.807, 2.05) is 18.2 Å². The average molecular weight is 420 g/mol. The van der Waals surface area contributed by atoms with Gasteiger partial charge in [-0.2, -0.15) is 5.10 Å². The molecular formula is C18H18BrN3O4. The Morgan fingerprint density at radius 3 is 2.58 bits per heavy atom.